The molecule has 0 aliphatic carbocycles. The summed E-state index contributed by atoms with van der Waals surface area (Å²) in [5, 5.41) is 0. The van der Waals surface area contributed by atoms with E-state index in [1.54, 1.807) is 14.2 Å². The Morgan fingerprint density at radius 1 is 1.12 bits per heavy atom. The molecule has 0 spiro atoms. The number of benzene rings is 1. The molecule has 0 aliphatic heterocycles. The average molecular weight is 238 g/mol. The highest BCUT2D eigenvalue weighted by Crippen LogP contribution is 2.12. The van der Waals surface area contributed by atoms with Crippen LogP contribution in [0.15, 0.2) is 36.0 Å². The number of hydrogen-bond donors (Lipinski definition) is 0. The summed E-state index contributed by atoms with van der Waals surface area (Å²) in [4.78, 5) is 0. The maximum Gasteiger partial charge on any atom is 0.529 e. The van der Waals surface area contributed by atoms with Crippen molar-refractivity contribution in [3.63, 3.8) is 0 Å². The molecule has 0 fully saturated rings. The molecule has 1 aromatic carbocycles. The molecule has 0 radical (unpaired) electrons. The molecule has 88 valence electrons. The van der Waals surface area contributed by atoms with Crippen LogP contribution in [-0.4, -0.2) is 29.6 Å². The molecule has 1 aromatic rings. The van der Waals surface area contributed by atoms with Crippen LogP contribution in [0.3, 0.4) is 0 Å². The second-order valence-electron chi connectivity index (χ2n) is 3.19. The van der Waals surface area contributed by atoms with Gasteiger partial charge in [-0.05, 0) is 18.2 Å². The first-order valence-electron chi connectivity index (χ1n) is 5.25. The molecule has 0 unspecified atom stereocenters. The van der Waals surface area contributed by atoms with Gasteiger partial charge in [0.15, 0.2) is 0 Å². The Kier molecular flexibility index (Phi) is 5.41. The summed E-state index contributed by atoms with van der Waals surface area (Å²) in [5.41, 5.74) is 3.00. The highest BCUT2D eigenvalue weighted by Gasteiger charge is 2.35. The molecule has 0 amide bonds. The Labute approximate surface area is 98.0 Å². The van der Waals surface area contributed by atoms with E-state index in [0.717, 1.165) is 5.56 Å². The second kappa shape index (κ2) is 6.60. The Morgan fingerprint density at radius 3 is 2.25 bits per heavy atom. The lowest BCUT2D eigenvalue weighted by atomic mass is 10.2. The van der Waals surface area contributed by atoms with Crippen LogP contribution in [0.25, 0.3) is 6.08 Å². The summed E-state index contributed by atoms with van der Waals surface area (Å²) in [6.07, 6.45) is 1.97. The maximum absolute atomic E-state index is 5.56. The molecule has 0 saturated carbocycles. The largest absolute Gasteiger partial charge is 0.529 e. The van der Waals surface area contributed by atoms with Crippen molar-refractivity contribution in [1.82, 2.24) is 0 Å². The topological polar surface area (TPSA) is 27.7 Å². The standard InChI is InChI=1S/C12H18O3Si/c1-4-15-16(13-2,14-3)11-10-12-8-6-5-7-9-12/h5-11H,4H2,1-3H3. The van der Waals surface area contributed by atoms with E-state index < -0.39 is 8.80 Å². The number of hydrogen-bond acceptors (Lipinski definition) is 3. The summed E-state index contributed by atoms with van der Waals surface area (Å²) in [7, 11) is 0.617. The van der Waals surface area contributed by atoms with E-state index in [4.69, 9.17) is 13.3 Å². The molecule has 0 bridgehead atoms. The first-order chi connectivity index (χ1) is 7.76. The minimum atomic E-state index is -2.61. The lowest BCUT2D eigenvalue weighted by Gasteiger charge is -2.22. The summed E-state index contributed by atoms with van der Waals surface area (Å²) in [6.45, 7) is 2.50. The van der Waals surface area contributed by atoms with Crippen LogP contribution in [0.5, 0.6) is 0 Å². The summed E-state index contributed by atoms with van der Waals surface area (Å²) in [5.74, 6) is 0. The van der Waals surface area contributed by atoms with Gasteiger partial charge in [-0.3, -0.25) is 0 Å². The summed E-state index contributed by atoms with van der Waals surface area (Å²) < 4.78 is 16.3. The smallest absolute Gasteiger partial charge is 0.374 e. The van der Waals surface area contributed by atoms with Crippen LogP contribution in [0.1, 0.15) is 12.5 Å². The highest BCUT2D eigenvalue weighted by molar-refractivity contribution is 6.66. The molecule has 3 nitrogen and oxygen atoms in total. The SMILES string of the molecule is CCO[Si](C=Cc1ccccc1)(OC)OC. The van der Waals surface area contributed by atoms with Crippen LogP contribution in [0, 0.1) is 0 Å². The summed E-state index contributed by atoms with van der Waals surface area (Å²) in [6, 6.07) is 10.0. The first-order valence-corrected chi connectivity index (χ1v) is 7.05. The van der Waals surface area contributed by atoms with Gasteiger partial charge in [-0.15, -0.1) is 0 Å². The van der Waals surface area contributed by atoms with Crippen LogP contribution in [0.2, 0.25) is 0 Å². The van der Waals surface area contributed by atoms with E-state index in [-0.39, 0.29) is 0 Å². The van der Waals surface area contributed by atoms with Crippen molar-refractivity contribution in [2.24, 2.45) is 0 Å². The molecule has 0 atom stereocenters. The fourth-order valence-electron chi connectivity index (χ4n) is 1.35. The molecular formula is C12H18O3Si. The average Bonchev–Trinajstić information content (AvgIpc) is 2.36. The third-order valence-corrected chi connectivity index (χ3v) is 4.60. The van der Waals surface area contributed by atoms with Gasteiger partial charge in [-0.25, -0.2) is 0 Å². The van der Waals surface area contributed by atoms with Crippen molar-refractivity contribution < 1.29 is 13.3 Å². The Hall–Kier alpha value is -0.943. The minimum absolute atomic E-state index is 0.576. The van der Waals surface area contributed by atoms with Gasteiger partial charge in [0.05, 0.1) is 0 Å². The van der Waals surface area contributed by atoms with Crippen LogP contribution in [-0.2, 0) is 13.3 Å². The van der Waals surface area contributed by atoms with E-state index in [0.29, 0.717) is 6.61 Å². The minimum Gasteiger partial charge on any atom is -0.374 e. The van der Waals surface area contributed by atoms with E-state index in [2.05, 4.69) is 0 Å². The Morgan fingerprint density at radius 2 is 1.75 bits per heavy atom. The molecule has 4 heteroatoms. The predicted octanol–water partition coefficient (Wildman–Crippen LogP) is 2.51. The van der Waals surface area contributed by atoms with Crippen molar-refractivity contribution in [2.45, 2.75) is 6.92 Å². The van der Waals surface area contributed by atoms with Crippen molar-refractivity contribution >= 4 is 14.9 Å². The van der Waals surface area contributed by atoms with Crippen molar-refractivity contribution in [3.8, 4) is 0 Å². The lowest BCUT2D eigenvalue weighted by Crippen LogP contribution is -2.42. The Balaban J connectivity index is 2.79. The zero-order chi connectivity index (χ0) is 11.9. The van der Waals surface area contributed by atoms with E-state index in [9.17, 15) is 0 Å². The molecule has 16 heavy (non-hydrogen) atoms. The number of rotatable bonds is 6. The van der Waals surface area contributed by atoms with Gasteiger partial charge in [0.25, 0.3) is 0 Å². The predicted molar refractivity (Wildman–Crippen MR) is 66.9 cm³/mol. The molecule has 0 aliphatic rings. The van der Waals surface area contributed by atoms with Crippen molar-refractivity contribution in [3.05, 3.63) is 41.6 Å². The monoisotopic (exact) mass is 238 g/mol. The second-order valence-corrected chi connectivity index (χ2v) is 5.83. The van der Waals surface area contributed by atoms with Gasteiger partial charge < -0.3 is 13.3 Å². The van der Waals surface area contributed by atoms with E-state index >= 15 is 0 Å². The lowest BCUT2D eigenvalue weighted by molar-refractivity contribution is 0.118. The zero-order valence-corrected chi connectivity index (χ0v) is 11.0. The molecule has 0 N–H and O–H groups in total. The first kappa shape index (κ1) is 13.1. The Bertz CT molecular complexity index is 320. The van der Waals surface area contributed by atoms with Gasteiger partial charge >= 0.3 is 8.80 Å². The third-order valence-electron chi connectivity index (χ3n) is 2.19. The van der Waals surface area contributed by atoms with Gasteiger partial charge in [0.1, 0.15) is 0 Å². The van der Waals surface area contributed by atoms with Crippen LogP contribution in [0.4, 0.5) is 0 Å². The fourth-order valence-corrected chi connectivity index (χ4v) is 2.92. The molecule has 1 rings (SSSR count). The van der Waals surface area contributed by atoms with Gasteiger partial charge in [-0.1, -0.05) is 36.4 Å². The van der Waals surface area contributed by atoms with Crippen molar-refractivity contribution in [2.75, 3.05) is 20.8 Å². The van der Waals surface area contributed by atoms with Crippen molar-refractivity contribution in [1.29, 1.82) is 0 Å². The molecule has 0 heterocycles. The van der Waals surface area contributed by atoms with Gasteiger partial charge in [-0.2, -0.15) is 0 Å². The molecular weight excluding hydrogens is 220 g/mol. The van der Waals surface area contributed by atoms with Gasteiger partial charge in [0, 0.05) is 20.8 Å². The maximum atomic E-state index is 5.56. The van der Waals surface area contributed by atoms with Crippen LogP contribution >= 0.6 is 0 Å². The zero-order valence-electron chi connectivity index (χ0n) is 9.97. The molecule has 0 saturated heterocycles. The normalized spacial score (nSPS) is 12.2. The fraction of sp³-hybridized carbons (Fsp3) is 0.333. The summed E-state index contributed by atoms with van der Waals surface area (Å²) >= 11 is 0. The molecule has 0 aromatic heterocycles. The quantitative estimate of drug-likeness (QED) is 0.713. The van der Waals surface area contributed by atoms with Crippen LogP contribution < -0.4 is 0 Å². The van der Waals surface area contributed by atoms with E-state index in [1.807, 2.05) is 49.0 Å². The van der Waals surface area contributed by atoms with E-state index in [1.165, 1.54) is 0 Å². The third kappa shape index (κ3) is 3.57. The van der Waals surface area contributed by atoms with Gasteiger partial charge in [0.2, 0.25) is 0 Å². The highest BCUT2D eigenvalue weighted by atomic mass is 28.4.